The van der Waals surface area contributed by atoms with Crippen molar-refractivity contribution < 1.29 is 0 Å². The Morgan fingerprint density at radius 2 is 2.15 bits per heavy atom. The molecule has 0 saturated heterocycles. The summed E-state index contributed by atoms with van der Waals surface area (Å²) in [5, 5.41) is 6.10. The number of thiophene rings is 3. The second kappa shape index (κ2) is 2.56. The van der Waals surface area contributed by atoms with E-state index in [2.05, 4.69) is 30.0 Å². The number of fused-ring (bicyclic) bond motifs is 3. The van der Waals surface area contributed by atoms with Gasteiger partial charge in [0.25, 0.3) is 4.01 Å². The molecule has 3 rings (SSSR count). The monoisotopic (exact) mass is 225 g/mol. The van der Waals surface area contributed by atoms with Crippen molar-refractivity contribution in [1.29, 1.82) is 0 Å². The number of hydrogen-bond acceptors (Lipinski definition) is 2. The van der Waals surface area contributed by atoms with Crippen molar-refractivity contribution >= 4 is 51.9 Å². The molecule has 3 aromatic rings. The van der Waals surface area contributed by atoms with Gasteiger partial charge in [0.05, 0.1) is 33.1 Å². The van der Waals surface area contributed by atoms with Gasteiger partial charge in [0, 0.05) is 5.56 Å². The van der Waals surface area contributed by atoms with Crippen LogP contribution in [0.1, 0.15) is 5.56 Å². The second-order valence-corrected chi connectivity index (χ2v) is 7.20. The van der Waals surface area contributed by atoms with Crippen molar-refractivity contribution in [3.8, 4) is 0 Å². The van der Waals surface area contributed by atoms with Crippen molar-refractivity contribution in [2.75, 3.05) is 0 Å². The van der Waals surface area contributed by atoms with Crippen LogP contribution in [0.4, 0.5) is 0 Å². The topological polar surface area (TPSA) is 0 Å². The first-order chi connectivity index (χ1) is 6.27. The van der Waals surface area contributed by atoms with Crippen molar-refractivity contribution in [3.63, 3.8) is 0 Å². The van der Waals surface area contributed by atoms with E-state index >= 15 is 0 Å². The maximum Gasteiger partial charge on any atom is 0.255 e. The predicted octanol–water partition coefficient (Wildman–Crippen LogP) is 4.71. The van der Waals surface area contributed by atoms with Crippen LogP contribution in [0.2, 0.25) is 0 Å². The molecule has 1 unspecified atom stereocenters. The molecule has 0 aliphatic rings. The molecule has 13 heavy (non-hydrogen) atoms. The average Bonchev–Trinajstić information content (AvgIpc) is 2.70. The molecule has 0 aromatic carbocycles. The van der Waals surface area contributed by atoms with Gasteiger partial charge in [-0.3, -0.25) is 0 Å². The zero-order valence-corrected chi connectivity index (χ0v) is 9.91. The van der Waals surface area contributed by atoms with Gasteiger partial charge in [0.1, 0.15) is 0 Å². The minimum Gasteiger partial charge on any atom is -0.140 e. The van der Waals surface area contributed by atoms with E-state index in [0.717, 1.165) is 0 Å². The van der Waals surface area contributed by atoms with Crippen LogP contribution in [0.3, 0.4) is 0 Å². The quantitative estimate of drug-likeness (QED) is 0.486. The highest BCUT2D eigenvalue weighted by molar-refractivity contribution is 7.50. The Balaban J connectivity index is 2.64. The lowest BCUT2D eigenvalue weighted by Crippen LogP contribution is -1.54. The lowest BCUT2D eigenvalue weighted by atomic mass is 10.3. The molecule has 0 aliphatic heterocycles. The standard InChI is InChI=1S/C10H9S3/c1-6-5-11-9-7-3-4-13(2)10(7)12-8(6)9/h3-5H,1-2H3/q+1. The van der Waals surface area contributed by atoms with Crippen LogP contribution in [0, 0.1) is 6.92 Å². The molecule has 0 spiro atoms. The molecule has 0 fully saturated rings. The highest BCUT2D eigenvalue weighted by Gasteiger charge is 2.19. The molecule has 1 atom stereocenters. The fraction of sp³-hybridized carbons (Fsp3) is 0.200. The predicted molar refractivity (Wildman–Crippen MR) is 65.4 cm³/mol. The molecular weight excluding hydrogens is 216 g/mol. The molecule has 0 bridgehead atoms. The summed E-state index contributed by atoms with van der Waals surface area (Å²) >= 11 is 3.88. The van der Waals surface area contributed by atoms with Crippen LogP contribution in [0.5, 0.6) is 0 Å². The van der Waals surface area contributed by atoms with Crippen molar-refractivity contribution in [3.05, 3.63) is 22.4 Å². The Bertz CT molecular complexity index is 529. The van der Waals surface area contributed by atoms with Crippen molar-refractivity contribution in [1.82, 2.24) is 0 Å². The summed E-state index contributed by atoms with van der Waals surface area (Å²) in [5.74, 6) is 0. The zero-order chi connectivity index (χ0) is 9.00. The molecule has 0 N–H and O–H groups in total. The summed E-state index contributed by atoms with van der Waals surface area (Å²) in [5.41, 5.74) is 1.45. The molecule has 66 valence electrons. The van der Waals surface area contributed by atoms with Gasteiger partial charge < -0.3 is 0 Å². The Hall–Kier alpha value is -0.380. The minimum atomic E-state index is 0.378. The Morgan fingerprint density at radius 1 is 1.31 bits per heavy atom. The van der Waals surface area contributed by atoms with E-state index in [1.807, 2.05) is 22.7 Å². The van der Waals surface area contributed by atoms with E-state index in [4.69, 9.17) is 0 Å². The summed E-state index contributed by atoms with van der Waals surface area (Å²) in [6, 6.07) is 2.30. The van der Waals surface area contributed by atoms with Crippen LogP contribution in [0.25, 0.3) is 18.8 Å². The highest BCUT2D eigenvalue weighted by atomic mass is 32.2. The van der Waals surface area contributed by atoms with Crippen molar-refractivity contribution in [2.24, 2.45) is 6.26 Å². The Morgan fingerprint density at radius 3 is 3.00 bits per heavy atom. The average molecular weight is 225 g/mol. The normalized spacial score (nSPS) is 13.2. The smallest absolute Gasteiger partial charge is 0.140 e. The summed E-state index contributed by atoms with van der Waals surface area (Å²) in [6.45, 7) is 2.21. The number of rotatable bonds is 0. The zero-order valence-electron chi connectivity index (χ0n) is 7.46. The largest absolute Gasteiger partial charge is 0.255 e. The highest BCUT2D eigenvalue weighted by Crippen LogP contribution is 2.45. The van der Waals surface area contributed by atoms with Gasteiger partial charge >= 0.3 is 0 Å². The molecule has 0 radical (unpaired) electrons. The van der Waals surface area contributed by atoms with Gasteiger partial charge in [-0.05, 0) is 18.4 Å². The van der Waals surface area contributed by atoms with Crippen molar-refractivity contribution in [2.45, 2.75) is 6.92 Å². The first-order valence-electron chi connectivity index (χ1n) is 4.11. The fourth-order valence-electron chi connectivity index (χ4n) is 1.60. The first kappa shape index (κ1) is 7.97. The van der Waals surface area contributed by atoms with Crippen LogP contribution in [-0.2, 0) is 6.26 Å². The van der Waals surface area contributed by atoms with Crippen LogP contribution < -0.4 is 0 Å². The molecule has 3 heteroatoms. The van der Waals surface area contributed by atoms with E-state index in [-0.39, 0.29) is 0 Å². The molecular formula is C10H9S3+. The third-order valence-electron chi connectivity index (χ3n) is 2.31. The van der Waals surface area contributed by atoms with Gasteiger partial charge in [0.15, 0.2) is 4.70 Å². The molecule has 3 aromatic heterocycles. The van der Waals surface area contributed by atoms with E-state index in [1.165, 1.54) is 20.3 Å². The summed E-state index contributed by atoms with van der Waals surface area (Å²) < 4.78 is 4.61. The van der Waals surface area contributed by atoms with E-state index in [0.29, 0.717) is 10.5 Å². The maximum atomic E-state index is 2.33. The third kappa shape index (κ3) is 0.951. The molecule has 3 heterocycles. The third-order valence-corrected chi connectivity index (χ3v) is 7.09. The Labute approximate surface area is 87.4 Å². The maximum absolute atomic E-state index is 2.33. The van der Waals surface area contributed by atoms with Gasteiger partial charge in [-0.1, -0.05) is 10.5 Å². The first-order valence-corrected chi connectivity index (χ1v) is 7.50. The number of aryl methyl sites for hydroxylation is 2. The van der Waals surface area contributed by atoms with E-state index < -0.39 is 0 Å². The summed E-state index contributed by atoms with van der Waals surface area (Å²) in [6.07, 6.45) is 2.30. The number of hydrogen-bond donors (Lipinski definition) is 0. The van der Waals surface area contributed by atoms with Crippen LogP contribution in [-0.4, -0.2) is 0 Å². The van der Waals surface area contributed by atoms with E-state index in [9.17, 15) is 0 Å². The van der Waals surface area contributed by atoms with E-state index in [1.54, 1.807) is 4.01 Å². The second-order valence-electron chi connectivity index (χ2n) is 3.24. The van der Waals surface area contributed by atoms with Crippen LogP contribution >= 0.6 is 33.1 Å². The molecule has 0 amide bonds. The molecule has 0 saturated carbocycles. The molecule has 0 aliphatic carbocycles. The Kier molecular flexibility index (Phi) is 1.57. The van der Waals surface area contributed by atoms with Gasteiger partial charge in [-0.15, -0.1) is 11.3 Å². The summed E-state index contributed by atoms with van der Waals surface area (Å²) in [4.78, 5) is 0. The molecule has 0 nitrogen and oxygen atoms in total. The van der Waals surface area contributed by atoms with Gasteiger partial charge in [-0.25, -0.2) is 0 Å². The SMILES string of the molecule is Cc1csc2c1sc1c2cc[s+]1C. The lowest BCUT2D eigenvalue weighted by molar-refractivity contribution is 1.63. The minimum absolute atomic E-state index is 0.378. The van der Waals surface area contributed by atoms with Gasteiger partial charge in [-0.2, -0.15) is 0 Å². The van der Waals surface area contributed by atoms with Gasteiger partial charge in [0.2, 0.25) is 0 Å². The lowest BCUT2D eigenvalue weighted by Gasteiger charge is -1.73. The fourth-order valence-corrected chi connectivity index (χ4v) is 5.86. The summed E-state index contributed by atoms with van der Waals surface area (Å²) in [7, 11) is 0.378. The van der Waals surface area contributed by atoms with Crippen LogP contribution in [0.15, 0.2) is 16.8 Å².